The summed E-state index contributed by atoms with van der Waals surface area (Å²) in [5.74, 6) is 0.916. The molecule has 5 heteroatoms. The SMILES string of the molecule is CCc1cnc(C(C)Nc2ncc(Br)cc2C)s1. The van der Waals surface area contributed by atoms with E-state index in [-0.39, 0.29) is 6.04 Å². The summed E-state index contributed by atoms with van der Waals surface area (Å²) in [4.78, 5) is 10.2. The second-order valence-electron chi connectivity index (χ2n) is 4.20. The quantitative estimate of drug-likeness (QED) is 0.908. The van der Waals surface area contributed by atoms with Gasteiger partial charge in [-0.2, -0.15) is 0 Å². The number of thiazole rings is 1. The summed E-state index contributed by atoms with van der Waals surface area (Å²) in [6.45, 7) is 6.31. The molecule has 18 heavy (non-hydrogen) atoms. The average molecular weight is 326 g/mol. The standard InChI is InChI=1S/C13H16BrN3S/c1-4-11-7-16-13(18-11)9(3)17-12-8(2)5-10(14)6-15-12/h5-7,9H,4H2,1-3H3,(H,15,17). The lowest BCUT2D eigenvalue weighted by molar-refractivity contribution is 0.857. The van der Waals surface area contributed by atoms with Crippen LogP contribution in [-0.2, 0) is 6.42 Å². The van der Waals surface area contributed by atoms with Crippen molar-refractivity contribution in [1.29, 1.82) is 0 Å². The van der Waals surface area contributed by atoms with E-state index in [4.69, 9.17) is 0 Å². The highest BCUT2D eigenvalue weighted by Crippen LogP contribution is 2.25. The van der Waals surface area contributed by atoms with Crippen LogP contribution in [0.25, 0.3) is 0 Å². The molecule has 0 radical (unpaired) electrons. The zero-order chi connectivity index (χ0) is 13.1. The van der Waals surface area contributed by atoms with Gasteiger partial charge < -0.3 is 5.32 Å². The van der Waals surface area contributed by atoms with E-state index < -0.39 is 0 Å². The summed E-state index contributed by atoms with van der Waals surface area (Å²) >= 11 is 5.18. The Morgan fingerprint density at radius 2 is 2.17 bits per heavy atom. The lowest BCUT2D eigenvalue weighted by atomic mass is 10.2. The van der Waals surface area contributed by atoms with Crippen LogP contribution in [0.4, 0.5) is 5.82 Å². The third-order valence-electron chi connectivity index (χ3n) is 2.69. The molecule has 2 aromatic heterocycles. The van der Waals surface area contributed by atoms with E-state index in [0.717, 1.165) is 27.3 Å². The number of pyridine rings is 1. The highest BCUT2D eigenvalue weighted by atomic mass is 79.9. The van der Waals surface area contributed by atoms with Gasteiger partial charge in [0, 0.05) is 21.7 Å². The Morgan fingerprint density at radius 1 is 1.39 bits per heavy atom. The maximum absolute atomic E-state index is 4.45. The van der Waals surface area contributed by atoms with Crippen LogP contribution in [0.5, 0.6) is 0 Å². The molecule has 2 heterocycles. The maximum Gasteiger partial charge on any atom is 0.129 e. The molecule has 0 aromatic carbocycles. The third kappa shape index (κ3) is 3.09. The Labute approximate surface area is 120 Å². The van der Waals surface area contributed by atoms with Gasteiger partial charge in [0.1, 0.15) is 10.8 Å². The van der Waals surface area contributed by atoms with Crippen LogP contribution >= 0.6 is 27.3 Å². The first-order chi connectivity index (χ1) is 8.60. The number of hydrogen-bond acceptors (Lipinski definition) is 4. The number of aromatic nitrogens is 2. The number of nitrogens with one attached hydrogen (secondary N) is 1. The van der Waals surface area contributed by atoms with E-state index in [1.54, 1.807) is 17.5 Å². The van der Waals surface area contributed by atoms with Crippen LogP contribution in [0.1, 0.15) is 35.3 Å². The molecule has 0 aliphatic carbocycles. The Balaban J connectivity index is 2.13. The summed E-state index contributed by atoms with van der Waals surface area (Å²) in [5.41, 5.74) is 1.13. The molecule has 1 N–H and O–H groups in total. The normalized spacial score (nSPS) is 12.4. The molecule has 0 fully saturated rings. The molecule has 96 valence electrons. The second kappa shape index (κ2) is 5.80. The predicted octanol–water partition coefficient (Wildman–Crippen LogP) is 4.34. The van der Waals surface area contributed by atoms with Crippen molar-refractivity contribution in [2.45, 2.75) is 33.2 Å². The summed E-state index contributed by atoms with van der Waals surface area (Å²) in [6.07, 6.45) is 4.81. The number of aryl methyl sites for hydroxylation is 2. The molecule has 1 unspecified atom stereocenters. The van der Waals surface area contributed by atoms with Gasteiger partial charge in [0.2, 0.25) is 0 Å². The second-order valence-corrected chi connectivity index (χ2v) is 6.27. The fraction of sp³-hybridized carbons (Fsp3) is 0.385. The monoisotopic (exact) mass is 325 g/mol. The van der Waals surface area contributed by atoms with E-state index in [9.17, 15) is 0 Å². The molecule has 2 aromatic rings. The van der Waals surface area contributed by atoms with Gasteiger partial charge in [-0.25, -0.2) is 9.97 Å². The molecule has 2 rings (SSSR count). The van der Waals surface area contributed by atoms with E-state index in [2.05, 4.69) is 51.1 Å². The van der Waals surface area contributed by atoms with Gasteiger partial charge in [0.25, 0.3) is 0 Å². The number of anilines is 1. The van der Waals surface area contributed by atoms with Crippen molar-refractivity contribution in [3.8, 4) is 0 Å². The molecule has 0 amide bonds. The van der Waals surface area contributed by atoms with Crippen molar-refractivity contribution in [2.75, 3.05) is 5.32 Å². The van der Waals surface area contributed by atoms with Crippen molar-refractivity contribution in [1.82, 2.24) is 9.97 Å². The zero-order valence-corrected chi connectivity index (χ0v) is 13.1. The fourth-order valence-corrected chi connectivity index (χ4v) is 2.95. The largest absolute Gasteiger partial charge is 0.361 e. The Hall–Kier alpha value is -0.940. The maximum atomic E-state index is 4.45. The van der Waals surface area contributed by atoms with Crippen LogP contribution in [0.15, 0.2) is 22.9 Å². The summed E-state index contributed by atoms with van der Waals surface area (Å²) in [7, 11) is 0. The minimum atomic E-state index is 0.183. The average Bonchev–Trinajstić information content (AvgIpc) is 2.81. The lowest BCUT2D eigenvalue weighted by Gasteiger charge is -2.13. The highest BCUT2D eigenvalue weighted by molar-refractivity contribution is 9.10. The fourth-order valence-electron chi connectivity index (χ4n) is 1.64. The number of rotatable bonds is 4. The molecular weight excluding hydrogens is 310 g/mol. The van der Waals surface area contributed by atoms with E-state index in [1.807, 2.05) is 13.1 Å². The van der Waals surface area contributed by atoms with Crippen LogP contribution in [0.2, 0.25) is 0 Å². The Morgan fingerprint density at radius 3 is 2.78 bits per heavy atom. The highest BCUT2D eigenvalue weighted by Gasteiger charge is 2.11. The van der Waals surface area contributed by atoms with Crippen molar-refractivity contribution < 1.29 is 0 Å². The molecule has 0 bridgehead atoms. The molecule has 1 atom stereocenters. The van der Waals surface area contributed by atoms with Gasteiger partial charge in [-0.1, -0.05) is 6.92 Å². The zero-order valence-electron chi connectivity index (χ0n) is 10.7. The van der Waals surface area contributed by atoms with Crippen molar-refractivity contribution in [3.63, 3.8) is 0 Å². The Kier molecular flexibility index (Phi) is 4.35. The first kappa shape index (κ1) is 13.5. The third-order valence-corrected chi connectivity index (χ3v) is 4.45. The molecule has 3 nitrogen and oxygen atoms in total. The molecule has 0 aliphatic rings. The van der Waals surface area contributed by atoms with Crippen LogP contribution in [-0.4, -0.2) is 9.97 Å². The first-order valence-corrected chi connectivity index (χ1v) is 7.54. The first-order valence-electron chi connectivity index (χ1n) is 5.93. The van der Waals surface area contributed by atoms with Crippen molar-refractivity contribution in [3.05, 3.63) is 38.4 Å². The van der Waals surface area contributed by atoms with Gasteiger partial charge in [-0.15, -0.1) is 11.3 Å². The molecule has 0 saturated heterocycles. The van der Waals surface area contributed by atoms with Gasteiger partial charge in [-0.3, -0.25) is 0 Å². The van der Waals surface area contributed by atoms with Crippen molar-refractivity contribution in [2.24, 2.45) is 0 Å². The lowest BCUT2D eigenvalue weighted by Crippen LogP contribution is -2.08. The van der Waals surface area contributed by atoms with Gasteiger partial charge in [-0.05, 0) is 47.8 Å². The van der Waals surface area contributed by atoms with Crippen LogP contribution < -0.4 is 5.32 Å². The number of nitrogens with zero attached hydrogens (tertiary/aromatic N) is 2. The molecule has 0 spiro atoms. The summed E-state index contributed by atoms with van der Waals surface area (Å²) in [6, 6.07) is 2.24. The van der Waals surface area contributed by atoms with E-state index in [1.165, 1.54) is 4.88 Å². The van der Waals surface area contributed by atoms with Gasteiger partial charge >= 0.3 is 0 Å². The number of halogens is 1. The topological polar surface area (TPSA) is 37.8 Å². The van der Waals surface area contributed by atoms with Gasteiger partial charge in [0.15, 0.2) is 0 Å². The van der Waals surface area contributed by atoms with Gasteiger partial charge in [0.05, 0.1) is 6.04 Å². The summed E-state index contributed by atoms with van der Waals surface area (Å²) < 4.78 is 1.00. The van der Waals surface area contributed by atoms with E-state index >= 15 is 0 Å². The predicted molar refractivity (Wildman–Crippen MR) is 80.2 cm³/mol. The molecule has 0 saturated carbocycles. The number of hydrogen-bond donors (Lipinski definition) is 1. The van der Waals surface area contributed by atoms with E-state index in [0.29, 0.717) is 0 Å². The summed E-state index contributed by atoms with van der Waals surface area (Å²) in [5, 5.41) is 4.51. The molecular formula is C13H16BrN3S. The van der Waals surface area contributed by atoms with Crippen LogP contribution in [0, 0.1) is 6.92 Å². The minimum absolute atomic E-state index is 0.183. The van der Waals surface area contributed by atoms with Crippen molar-refractivity contribution >= 4 is 33.1 Å². The molecule has 0 aliphatic heterocycles. The minimum Gasteiger partial charge on any atom is -0.361 e. The van der Waals surface area contributed by atoms with Crippen LogP contribution in [0.3, 0.4) is 0 Å². The smallest absolute Gasteiger partial charge is 0.129 e. The Bertz CT molecular complexity index is 539.